The van der Waals surface area contributed by atoms with Crippen molar-refractivity contribution in [2.75, 3.05) is 32.7 Å². The summed E-state index contributed by atoms with van der Waals surface area (Å²) in [7, 11) is 0. The minimum absolute atomic E-state index is 0.105. The summed E-state index contributed by atoms with van der Waals surface area (Å²) in [6, 6.07) is -0.310. The van der Waals surface area contributed by atoms with E-state index in [0.717, 1.165) is 31.4 Å². The van der Waals surface area contributed by atoms with Gasteiger partial charge in [-0.15, -0.1) is 0 Å². The SMILES string of the molecule is CCNC(=NCCCC1CCCC1)NCCN1C(=O)CNC1=O. The topological polar surface area (TPSA) is 85.8 Å². The van der Waals surface area contributed by atoms with Gasteiger partial charge >= 0.3 is 6.03 Å². The standard InChI is InChI=1S/C16H29N5O2/c1-2-17-15(18-9-5-8-13-6-3-4-7-13)19-10-11-21-14(22)12-20-16(21)23/h13H,2-12H2,1H3,(H,20,23)(H2,17,18,19). The molecule has 130 valence electrons. The molecule has 0 aromatic carbocycles. The molecule has 3 N–H and O–H groups in total. The molecule has 7 nitrogen and oxygen atoms in total. The summed E-state index contributed by atoms with van der Waals surface area (Å²) < 4.78 is 0. The van der Waals surface area contributed by atoms with Gasteiger partial charge in [0.05, 0.1) is 6.54 Å². The van der Waals surface area contributed by atoms with Gasteiger partial charge in [0.2, 0.25) is 5.91 Å². The molecule has 2 aliphatic rings. The van der Waals surface area contributed by atoms with Crippen molar-refractivity contribution in [2.45, 2.75) is 45.4 Å². The number of guanidine groups is 1. The zero-order valence-corrected chi connectivity index (χ0v) is 14.1. The van der Waals surface area contributed by atoms with Crippen molar-refractivity contribution in [3.05, 3.63) is 0 Å². The van der Waals surface area contributed by atoms with Crippen molar-refractivity contribution in [1.82, 2.24) is 20.9 Å². The van der Waals surface area contributed by atoms with Crippen LogP contribution in [0.1, 0.15) is 45.4 Å². The van der Waals surface area contributed by atoms with Crippen molar-refractivity contribution in [3.8, 4) is 0 Å². The number of carbonyl (C=O) groups excluding carboxylic acids is 2. The van der Waals surface area contributed by atoms with Gasteiger partial charge in [0.15, 0.2) is 5.96 Å². The van der Waals surface area contributed by atoms with E-state index in [2.05, 4.69) is 20.9 Å². The Kier molecular flexibility index (Phi) is 7.16. The van der Waals surface area contributed by atoms with Crippen LogP contribution >= 0.6 is 0 Å². The molecular weight excluding hydrogens is 294 g/mol. The number of hydrogen-bond donors (Lipinski definition) is 3. The second kappa shape index (κ2) is 9.37. The van der Waals surface area contributed by atoms with E-state index in [1.165, 1.54) is 37.0 Å². The van der Waals surface area contributed by atoms with E-state index in [4.69, 9.17) is 0 Å². The van der Waals surface area contributed by atoms with Crippen LogP contribution < -0.4 is 16.0 Å². The van der Waals surface area contributed by atoms with Crippen molar-refractivity contribution in [1.29, 1.82) is 0 Å². The molecule has 0 spiro atoms. The van der Waals surface area contributed by atoms with Crippen LogP contribution in [-0.4, -0.2) is 55.5 Å². The second-order valence-electron chi connectivity index (χ2n) is 6.18. The van der Waals surface area contributed by atoms with Crippen LogP contribution in [0, 0.1) is 5.92 Å². The lowest BCUT2D eigenvalue weighted by Gasteiger charge is -2.15. The van der Waals surface area contributed by atoms with Crippen LogP contribution in [0.15, 0.2) is 4.99 Å². The molecule has 1 saturated carbocycles. The fourth-order valence-electron chi connectivity index (χ4n) is 3.18. The third-order valence-electron chi connectivity index (χ3n) is 4.42. The lowest BCUT2D eigenvalue weighted by atomic mass is 10.0. The van der Waals surface area contributed by atoms with Gasteiger partial charge in [-0.3, -0.25) is 14.7 Å². The Balaban J connectivity index is 1.66. The van der Waals surface area contributed by atoms with Gasteiger partial charge in [-0.2, -0.15) is 0 Å². The van der Waals surface area contributed by atoms with Crippen molar-refractivity contribution < 1.29 is 9.59 Å². The molecule has 7 heteroatoms. The number of rotatable bonds is 8. The zero-order chi connectivity index (χ0) is 16.5. The van der Waals surface area contributed by atoms with E-state index in [0.29, 0.717) is 13.1 Å². The molecule has 0 unspecified atom stereocenters. The summed E-state index contributed by atoms with van der Waals surface area (Å²) in [4.78, 5) is 28.7. The van der Waals surface area contributed by atoms with Gasteiger partial charge in [0, 0.05) is 26.2 Å². The first-order valence-electron chi connectivity index (χ1n) is 8.81. The molecule has 23 heavy (non-hydrogen) atoms. The number of amides is 3. The molecule has 0 atom stereocenters. The quantitative estimate of drug-likeness (QED) is 0.270. The third kappa shape index (κ3) is 5.73. The molecule has 0 aromatic heterocycles. The Hall–Kier alpha value is -1.79. The Bertz CT molecular complexity index is 416. The number of hydrogen-bond acceptors (Lipinski definition) is 3. The Morgan fingerprint density at radius 1 is 1.30 bits per heavy atom. The first-order valence-corrected chi connectivity index (χ1v) is 8.81. The molecule has 1 aliphatic heterocycles. The highest BCUT2D eigenvalue weighted by atomic mass is 16.2. The second-order valence-corrected chi connectivity index (χ2v) is 6.18. The first-order chi connectivity index (χ1) is 11.2. The molecule has 1 saturated heterocycles. The molecule has 1 heterocycles. The number of carbonyl (C=O) groups is 2. The van der Waals surface area contributed by atoms with E-state index < -0.39 is 0 Å². The molecule has 2 fully saturated rings. The van der Waals surface area contributed by atoms with Gasteiger partial charge < -0.3 is 16.0 Å². The molecule has 0 radical (unpaired) electrons. The zero-order valence-electron chi connectivity index (χ0n) is 14.1. The van der Waals surface area contributed by atoms with Gasteiger partial charge in [-0.05, 0) is 25.7 Å². The fourth-order valence-corrected chi connectivity index (χ4v) is 3.18. The van der Waals surface area contributed by atoms with E-state index in [1.54, 1.807) is 0 Å². The van der Waals surface area contributed by atoms with Crippen LogP contribution in [0.4, 0.5) is 4.79 Å². The summed E-state index contributed by atoms with van der Waals surface area (Å²) >= 11 is 0. The van der Waals surface area contributed by atoms with E-state index >= 15 is 0 Å². The van der Waals surface area contributed by atoms with E-state index in [1.807, 2.05) is 6.92 Å². The van der Waals surface area contributed by atoms with Crippen LogP contribution in [-0.2, 0) is 4.79 Å². The highest BCUT2D eigenvalue weighted by molar-refractivity contribution is 6.01. The number of nitrogens with zero attached hydrogens (tertiary/aromatic N) is 2. The highest BCUT2D eigenvalue weighted by Gasteiger charge is 2.27. The van der Waals surface area contributed by atoms with Crippen LogP contribution in [0.5, 0.6) is 0 Å². The van der Waals surface area contributed by atoms with E-state index in [-0.39, 0.29) is 18.5 Å². The summed E-state index contributed by atoms with van der Waals surface area (Å²) in [5, 5.41) is 8.89. The van der Waals surface area contributed by atoms with Crippen LogP contribution in [0.25, 0.3) is 0 Å². The van der Waals surface area contributed by atoms with Gasteiger partial charge in [0.1, 0.15) is 0 Å². The number of urea groups is 1. The predicted molar refractivity (Wildman–Crippen MR) is 90.3 cm³/mol. The first kappa shape index (κ1) is 17.6. The number of imide groups is 1. The summed E-state index contributed by atoms with van der Waals surface area (Å²) in [5.41, 5.74) is 0. The van der Waals surface area contributed by atoms with Crippen molar-refractivity contribution in [3.63, 3.8) is 0 Å². The minimum Gasteiger partial charge on any atom is -0.357 e. The smallest absolute Gasteiger partial charge is 0.324 e. The molecule has 2 rings (SSSR count). The maximum atomic E-state index is 11.5. The van der Waals surface area contributed by atoms with Gasteiger partial charge in [0.25, 0.3) is 0 Å². The number of nitrogens with one attached hydrogen (secondary N) is 3. The van der Waals surface area contributed by atoms with E-state index in [9.17, 15) is 9.59 Å². The van der Waals surface area contributed by atoms with Crippen molar-refractivity contribution in [2.24, 2.45) is 10.9 Å². The predicted octanol–water partition coefficient (Wildman–Crippen LogP) is 1.06. The van der Waals surface area contributed by atoms with Gasteiger partial charge in [-0.1, -0.05) is 25.7 Å². The maximum Gasteiger partial charge on any atom is 0.324 e. The summed E-state index contributed by atoms with van der Waals surface area (Å²) in [6.07, 6.45) is 7.93. The van der Waals surface area contributed by atoms with Crippen LogP contribution in [0.3, 0.4) is 0 Å². The maximum absolute atomic E-state index is 11.5. The molecule has 1 aliphatic carbocycles. The summed E-state index contributed by atoms with van der Waals surface area (Å²) in [5.74, 6) is 1.49. The van der Waals surface area contributed by atoms with Gasteiger partial charge in [-0.25, -0.2) is 4.79 Å². The largest absolute Gasteiger partial charge is 0.357 e. The lowest BCUT2D eigenvalue weighted by molar-refractivity contribution is -0.124. The van der Waals surface area contributed by atoms with Crippen LogP contribution in [0.2, 0.25) is 0 Å². The Morgan fingerprint density at radius 2 is 2.09 bits per heavy atom. The Labute approximate surface area is 138 Å². The average Bonchev–Trinajstić information content (AvgIpc) is 3.16. The van der Waals surface area contributed by atoms with Crippen molar-refractivity contribution >= 4 is 17.9 Å². The monoisotopic (exact) mass is 323 g/mol. The minimum atomic E-state index is -0.310. The fraction of sp³-hybridized carbons (Fsp3) is 0.812. The molecule has 0 aromatic rings. The third-order valence-corrected chi connectivity index (χ3v) is 4.42. The molecular formula is C16H29N5O2. The number of aliphatic imine (C=N–C) groups is 1. The lowest BCUT2D eigenvalue weighted by Crippen LogP contribution is -2.43. The summed E-state index contributed by atoms with van der Waals surface area (Å²) in [6.45, 7) is 4.60. The normalized spacial score (nSPS) is 19.3. The highest BCUT2D eigenvalue weighted by Crippen LogP contribution is 2.28. The molecule has 3 amide bonds. The Morgan fingerprint density at radius 3 is 2.74 bits per heavy atom. The average molecular weight is 323 g/mol. The molecule has 0 bridgehead atoms.